The number of anilines is 1. The van der Waals surface area contributed by atoms with Crippen molar-refractivity contribution in [2.45, 2.75) is 12.8 Å². The lowest BCUT2D eigenvalue weighted by molar-refractivity contribution is -0.126. The van der Waals surface area contributed by atoms with E-state index in [4.69, 9.17) is 0 Å². The standard InChI is InChI=1S/C17H25N3O3/c1-19(2)16(22)10-18-15-7-3-6-14(9-15)17(23)20-8-4-5-13(11-20)12-21/h3,6-7,9,13,18,21H,4-5,8,10-12H2,1-2H3/t13-/m0/s1. The summed E-state index contributed by atoms with van der Waals surface area (Å²) in [5.41, 5.74) is 1.35. The molecule has 23 heavy (non-hydrogen) atoms. The molecule has 1 fully saturated rings. The number of aliphatic hydroxyl groups is 1. The summed E-state index contributed by atoms with van der Waals surface area (Å²) in [6, 6.07) is 7.20. The van der Waals surface area contributed by atoms with E-state index in [0.717, 1.165) is 25.1 Å². The van der Waals surface area contributed by atoms with Gasteiger partial charge in [0.15, 0.2) is 0 Å². The van der Waals surface area contributed by atoms with Gasteiger partial charge in [-0.1, -0.05) is 6.07 Å². The topological polar surface area (TPSA) is 72.9 Å². The maximum atomic E-state index is 12.6. The van der Waals surface area contributed by atoms with Gasteiger partial charge in [-0.05, 0) is 37.0 Å². The van der Waals surface area contributed by atoms with Gasteiger partial charge < -0.3 is 20.2 Å². The summed E-state index contributed by atoms with van der Waals surface area (Å²) >= 11 is 0. The Bertz CT molecular complexity index is 560. The fraction of sp³-hybridized carbons (Fsp3) is 0.529. The van der Waals surface area contributed by atoms with Crippen LogP contribution in [0.2, 0.25) is 0 Å². The maximum Gasteiger partial charge on any atom is 0.253 e. The molecule has 0 spiro atoms. The molecule has 1 heterocycles. The molecular formula is C17H25N3O3. The van der Waals surface area contributed by atoms with E-state index in [1.54, 1.807) is 31.1 Å². The number of nitrogens with one attached hydrogen (secondary N) is 1. The minimum absolute atomic E-state index is 0.0225. The van der Waals surface area contributed by atoms with Crippen molar-refractivity contribution in [3.63, 3.8) is 0 Å². The third-order valence-corrected chi connectivity index (χ3v) is 4.12. The molecule has 1 saturated heterocycles. The highest BCUT2D eigenvalue weighted by Gasteiger charge is 2.24. The van der Waals surface area contributed by atoms with Crippen molar-refractivity contribution < 1.29 is 14.7 Å². The molecule has 6 nitrogen and oxygen atoms in total. The van der Waals surface area contributed by atoms with Crippen LogP contribution in [0.15, 0.2) is 24.3 Å². The van der Waals surface area contributed by atoms with Crippen LogP contribution in [0, 0.1) is 5.92 Å². The average Bonchev–Trinajstić information content (AvgIpc) is 2.59. The Kier molecular flexibility index (Phi) is 5.98. The molecule has 0 bridgehead atoms. The Morgan fingerprint density at radius 2 is 2.17 bits per heavy atom. The van der Waals surface area contributed by atoms with Gasteiger partial charge in [0.05, 0.1) is 6.54 Å². The van der Waals surface area contributed by atoms with Gasteiger partial charge in [0.2, 0.25) is 5.91 Å². The predicted molar refractivity (Wildman–Crippen MR) is 89.3 cm³/mol. The number of aliphatic hydroxyl groups excluding tert-OH is 1. The number of nitrogens with zero attached hydrogens (tertiary/aromatic N) is 2. The van der Waals surface area contributed by atoms with Gasteiger partial charge in [-0.2, -0.15) is 0 Å². The Morgan fingerprint density at radius 1 is 1.39 bits per heavy atom. The molecule has 126 valence electrons. The van der Waals surface area contributed by atoms with Crippen molar-refractivity contribution in [1.82, 2.24) is 9.80 Å². The van der Waals surface area contributed by atoms with Crippen LogP contribution in [0.5, 0.6) is 0 Å². The number of hydrogen-bond acceptors (Lipinski definition) is 4. The van der Waals surface area contributed by atoms with Crippen molar-refractivity contribution in [2.24, 2.45) is 5.92 Å². The van der Waals surface area contributed by atoms with Crippen LogP contribution < -0.4 is 5.32 Å². The first-order valence-electron chi connectivity index (χ1n) is 7.95. The smallest absolute Gasteiger partial charge is 0.253 e. The molecule has 1 aliphatic rings. The first kappa shape index (κ1) is 17.3. The average molecular weight is 319 g/mol. The quantitative estimate of drug-likeness (QED) is 0.850. The van der Waals surface area contributed by atoms with Crippen LogP contribution in [-0.2, 0) is 4.79 Å². The summed E-state index contributed by atoms with van der Waals surface area (Å²) in [6.07, 6.45) is 1.89. The van der Waals surface area contributed by atoms with E-state index in [9.17, 15) is 14.7 Å². The second kappa shape index (κ2) is 7.97. The minimum atomic E-state index is -0.0245. The number of benzene rings is 1. The van der Waals surface area contributed by atoms with Crippen LogP contribution in [0.4, 0.5) is 5.69 Å². The number of amides is 2. The first-order valence-corrected chi connectivity index (χ1v) is 7.95. The number of likely N-dealkylation sites (tertiary alicyclic amines) is 1. The highest BCUT2D eigenvalue weighted by atomic mass is 16.3. The molecule has 1 aromatic carbocycles. The normalized spacial score (nSPS) is 17.7. The molecule has 1 aliphatic heterocycles. The lowest BCUT2D eigenvalue weighted by Gasteiger charge is -2.32. The number of rotatable bonds is 5. The summed E-state index contributed by atoms with van der Waals surface area (Å²) in [7, 11) is 3.41. The SMILES string of the molecule is CN(C)C(=O)CNc1cccc(C(=O)N2CCC[C@H](CO)C2)c1. The van der Waals surface area contributed by atoms with Crippen LogP contribution in [0.1, 0.15) is 23.2 Å². The Hall–Kier alpha value is -2.08. The molecule has 2 amide bonds. The van der Waals surface area contributed by atoms with E-state index < -0.39 is 0 Å². The molecule has 2 rings (SSSR count). The fourth-order valence-corrected chi connectivity index (χ4v) is 2.68. The molecular weight excluding hydrogens is 294 g/mol. The zero-order valence-electron chi connectivity index (χ0n) is 13.8. The fourth-order valence-electron chi connectivity index (χ4n) is 2.68. The minimum Gasteiger partial charge on any atom is -0.396 e. The third kappa shape index (κ3) is 4.69. The van der Waals surface area contributed by atoms with E-state index in [0.29, 0.717) is 12.1 Å². The number of carbonyl (C=O) groups excluding carboxylic acids is 2. The monoisotopic (exact) mass is 319 g/mol. The molecule has 2 N–H and O–H groups in total. The van der Waals surface area contributed by atoms with E-state index in [-0.39, 0.29) is 30.9 Å². The lowest BCUT2D eigenvalue weighted by atomic mass is 9.98. The predicted octanol–water partition coefficient (Wildman–Crippen LogP) is 1.03. The summed E-state index contributed by atoms with van der Waals surface area (Å²) in [5.74, 6) is 0.126. The number of piperidine rings is 1. The van der Waals surface area contributed by atoms with Crippen LogP contribution in [0.3, 0.4) is 0 Å². The highest BCUT2D eigenvalue weighted by molar-refractivity contribution is 5.95. The number of hydrogen-bond donors (Lipinski definition) is 2. The molecule has 6 heteroatoms. The third-order valence-electron chi connectivity index (χ3n) is 4.12. The zero-order chi connectivity index (χ0) is 16.8. The van der Waals surface area contributed by atoms with Gasteiger partial charge in [0.1, 0.15) is 0 Å². The van der Waals surface area contributed by atoms with Crippen molar-refractivity contribution >= 4 is 17.5 Å². The molecule has 1 atom stereocenters. The van der Waals surface area contributed by atoms with Crippen LogP contribution >= 0.6 is 0 Å². The van der Waals surface area contributed by atoms with E-state index in [2.05, 4.69) is 5.32 Å². The molecule has 0 unspecified atom stereocenters. The van der Waals surface area contributed by atoms with Crippen molar-refractivity contribution in [3.05, 3.63) is 29.8 Å². The summed E-state index contributed by atoms with van der Waals surface area (Å²) < 4.78 is 0. The summed E-state index contributed by atoms with van der Waals surface area (Å²) in [5, 5.41) is 12.3. The number of carbonyl (C=O) groups is 2. The van der Waals surface area contributed by atoms with Gasteiger partial charge in [0.25, 0.3) is 5.91 Å². The second-order valence-corrected chi connectivity index (χ2v) is 6.16. The Labute approximate surface area is 137 Å². The van der Waals surface area contributed by atoms with Crippen LogP contribution in [-0.4, -0.2) is 67.1 Å². The molecule has 0 saturated carbocycles. The van der Waals surface area contributed by atoms with Gasteiger partial charge >= 0.3 is 0 Å². The van der Waals surface area contributed by atoms with Crippen molar-refractivity contribution in [1.29, 1.82) is 0 Å². The van der Waals surface area contributed by atoms with Gasteiger partial charge in [-0.25, -0.2) is 0 Å². The highest BCUT2D eigenvalue weighted by Crippen LogP contribution is 2.19. The van der Waals surface area contributed by atoms with Crippen molar-refractivity contribution in [2.75, 3.05) is 45.7 Å². The van der Waals surface area contributed by atoms with E-state index >= 15 is 0 Å². The molecule has 0 aliphatic carbocycles. The summed E-state index contributed by atoms with van der Waals surface area (Å²) in [4.78, 5) is 27.5. The Morgan fingerprint density at radius 3 is 2.87 bits per heavy atom. The van der Waals surface area contributed by atoms with Gasteiger partial charge in [-0.15, -0.1) is 0 Å². The lowest BCUT2D eigenvalue weighted by Crippen LogP contribution is -2.40. The zero-order valence-corrected chi connectivity index (χ0v) is 13.8. The molecule has 1 aromatic rings. The van der Waals surface area contributed by atoms with Crippen molar-refractivity contribution in [3.8, 4) is 0 Å². The largest absolute Gasteiger partial charge is 0.396 e. The van der Waals surface area contributed by atoms with E-state index in [1.807, 2.05) is 12.1 Å². The first-order chi connectivity index (χ1) is 11.0. The van der Waals surface area contributed by atoms with E-state index in [1.165, 1.54) is 4.90 Å². The van der Waals surface area contributed by atoms with Crippen LogP contribution in [0.25, 0.3) is 0 Å². The maximum absolute atomic E-state index is 12.6. The second-order valence-electron chi connectivity index (χ2n) is 6.16. The Balaban J connectivity index is 2.01. The van der Waals surface area contributed by atoms with Gasteiger partial charge in [0, 0.05) is 45.0 Å². The summed E-state index contributed by atoms with van der Waals surface area (Å²) in [6.45, 7) is 1.65. The number of likely N-dealkylation sites (N-methyl/N-ethyl adjacent to an activating group) is 1. The molecule has 0 radical (unpaired) electrons. The molecule has 0 aromatic heterocycles. The van der Waals surface area contributed by atoms with Gasteiger partial charge in [-0.3, -0.25) is 9.59 Å².